The van der Waals surface area contributed by atoms with Crippen LogP contribution in [0, 0.1) is 17.2 Å². The van der Waals surface area contributed by atoms with Gasteiger partial charge in [-0.1, -0.05) is 6.42 Å². The summed E-state index contributed by atoms with van der Waals surface area (Å²) in [7, 11) is 2.00. The van der Waals surface area contributed by atoms with E-state index in [0.29, 0.717) is 11.1 Å². The zero-order valence-electron chi connectivity index (χ0n) is 10.9. The van der Waals surface area contributed by atoms with Crippen LogP contribution in [0.5, 0.6) is 0 Å². The molecule has 0 saturated heterocycles. The molecule has 1 aliphatic rings. The van der Waals surface area contributed by atoms with Crippen LogP contribution in [0.25, 0.3) is 0 Å². The van der Waals surface area contributed by atoms with Gasteiger partial charge in [0.05, 0.1) is 11.3 Å². The van der Waals surface area contributed by atoms with Gasteiger partial charge >= 0.3 is 0 Å². The van der Waals surface area contributed by atoms with Crippen LogP contribution in [-0.4, -0.2) is 19.4 Å². The van der Waals surface area contributed by atoms with Crippen LogP contribution in [-0.2, 0) is 0 Å². The standard InChI is InChI=1S/C15H18N2O/c1-11(18)13-6-7-14(9-16)15(8-13)17(2)10-12-4-3-5-12/h6-8,12H,3-5,10H2,1-2H3. The molecule has 1 saturated carbocycles. The van der Waals surface area contributed by atoms with Gasteiger partial charge in [-0.05, 0) is 43.9 Å². The highest BCUT2D eigenvalue weighted by Gasteiger charge is 2.20. The Morgan fingerprint density at radius 2 is 2.22 bits per heavy atom. The number of hydrogen-bond acceptors (Lipinski definition) is 3. The predicted octanol–water partition coefficient (Wildman–Crippen LogP) is 3.00. The van der Waals surface area contributed by atoms with E-state index in [1.54, 1.807) is 19.1 Å². The number of ketones is 1. The van der Waals surface area contributed by atoms with E-state index in [9.17, 15) is 4.79 Å². The average Bonchev–Trinajstić information content (AvgIpc) is 2.32. The van der Waals surface area contributed by atoms with Crippen molar-refractivity contribution in [2.24, 2.45) is 5.92 Å². The molecule has 3 heteroatoms. The maximum atomic E-state index is 11.4. The Bertz CT molecular complexity index is 498. The normalized spacial score (nSPS) is 14.7. The minimum atomic E-state index is 0.0396. The lowest BCUT2D eigenvalue weighted by Gasteiger charge is -2.31. The summed E-state index contributed by atoms with van der Waals surface area (Å²) in [4.78, 5) is 13.5. The molecule has 1 fully saturated rings. The van der Waals surface area contributed by atoms with E-state index in [2.05, 4.69) is 11.0 Å². The van der Waals surface area contributed by atoms with Crippen LogP contribution < -0.4 is 4.90 Å². The van der Waals surface area contributed by atoms with Gasteiger partial charge in [-0.15, -0.1) is 0 Å². The smallest absolute Gasteiger partial charge is 0.159 e. The van der Waals surface area contributed by atoms with Crippen molar-refractivity contribution in [3.63, 3.8) is 0 Å². The van der Waals surface area contributed by atoms with Crippen molar-refractivity contribution in [2.45, 2.75) is 26.2 Å². The molecule has 0 aromatic heterocycles. The molecule has 18 heavy (non-hydrogen) atoms. The highest BCUT2D eigenvalue weighted by molar-refractivity contribution is 5.95. The molecule has 0 bridgehead atoms. The molecule has 1 aromatic rings. The van der Waals surface area contributed by atoms with E-state index in [0.717, 1.165) is 18.2 Å². The van der Waals surface area contributed by atoms with Gasteiger partial charge in [0.15, 0.2) is 5.78 Å². The topological polar surface area (TPSA) is 44.1 Å². The predicted molar refractivity (Wildman–Crippen MR) is 71.8 cm³/mol. The van der Waals surface area contributed by atoms with E-state index >= 15 is 0 Å². The fraction of sp³-hybridized carbons (Fsp3) is 0.467. The number of benzene rings is 1. The summed E-state index contributed by atoms with van der Waals surface area (Å²) in [5.41, 5.74) is 2.18. The van der Waals surface area contributed by atoms with Crippen LogP contribution in [0.4, 0.5) is 5.69 Å². The number of Topliss-reactive ketones (excluding diaryl/α,β-unsaturated/α-hetero) is 1. The first-order valence-electron chi connectivity index (χ1n) is 6.38. The van der Waals surface area contributed by atoms with Gasteiger partial charge in [0, 0.05) is 19.2 Å². The molecule has 94 valence electrons. The zero-order valence-corrected chi connectivity index (χ0v) is 10.9. The summed E-state index contributed by atoms with van der Waals surface area (Å²) in [5, 5.41) is 9.14. The number of hydrogen-bond donors (Lipinski definition) is 0. The van der Waals surface area contributed by atoms with Crippen LogP contribution in [0.2, 0.25) is 0 Å². The summed E-state index contributed by atoms with van der Waals surface area (Å²) in [5.74, 6) is 0.778. The highest BCUT2D eigenvalue weighted by Crippen LogP contribution is 2.29. The maximum absolute atomic E-state index is 11.4. The fourth-order valence-corrected chi connectivity index (χ4v) is 2.32. The first-order valence-corrected chi connectivity index (χ1v) is 6.38. The fourth-order valence-electron chi connectivity index (χ4n) is 2.32. The van der Waals surface area contributed by atoms with Crippen molar-refractivity contribution in [1.29, 1.82) is 5.26 Å². The third-order valence-electron chi connectivity index (χ3n) is 3.69. The monoisotopic (exact) mass is 242 g/mol. The van der Waals surface area contributed by atoms with Crippen molar-refractivity contribution < 1.29 is 4.79 Å². The average molecular weight is 242 g/mol. The van der Waals surface area contributed by atoms with Crippen LogP contribution in [0.1, 0.15) is 42.1 Å². The number of nitrogens with zero attached hydrogens (tertiary/aromatic N) is 2. The van der Waals surface area contributed by atoms with E-state index in [1.807, 2.05) is 13.1 Å². The molecular formula is C15H18N2O. The summed E-state index contributed by atoms with van der Waals surface area (Å²) >= 11 is 0. The number of rotatable bonds is 4. The molecule has 0 heterocycles. The molecule has 3 nitrogen and oxygen atoms in total. The molecule has 0 atom stereocenters. The molecule has 0 amide bonds. The Morgan fingerprint density at radius 1 is 1.50 bits per heavy atom. The molecule has 1 aromatic carbocycles. The SMILES string of the molecule is CC(=O)c1ccc(C#N)c(N(C)CC2CCC2)c1. The van der Waals surface area contributed by atoms with Crippen LogP contribution in [0.15, 0.2) is 18.2 Å². The second-order valence-corrected chi connectivity index (χ2v) is 5.08. The lowest BCUT2D eigenvalue weighted by Crippen LogP contribution is -2.29. The van der Waals surface area contributed by atoms with Crippen molar-refractivity contribution in [3.8, 4) is 6.07 Å². The Kier molecular flexibility index (Phi) is 3.66. The second-order valence-electron chi connectivity index (χ2n) is 5.08. The molecule has 0 aliphatic heterocycles. The van der Waals surface area contributed by atoms with E-state index < -0.39 is 0 Å². The summed E-state index contributed by atoms with van der Waals surface area (Å²) in [6.07, 6.45) is 3.87. The molecule has 1 aliphatic carbocycles. The lowest BCUT2D eigenvalue weighted by molar-refractivity contribution is 0.101. The van der Waals surface area contributed by atoms with Crippen molar-refractivity contribution in [2.75, 3.05) is 18.5 Å². The van der Waals surface area contributed by atoms with Gasteiger partial charge in [0.25, 0.3) is 0 Å². The highest BCUT2D eigenvalue weighted by atomic mass is 16.1. The lowest BCUT2D eigenvalue weighted by atomic mass is 9.85. The van der Waals surface area contributed by atoms with Crippen molar-refractivity contribution in [1.82, 2.24) is 0 Å². The number of anilines is 1. The minimum absolute atomic E-state index is 0.0396. The van der Waals surface area contributed by atoms with Gasteiger partial charge in [0.2, 0.25) is 0 Å². The van der Waals surface area contributed by atoms with Gasteiger partial charge in [-0.2, -0.15) is 5.26 Å². The van der Waals surface area contributed by atoms with Crippen molar-refractivity contribution >= 4 is 11.5 Å². The minimum Gasteiger partial charge on any atom is -0.373 e. The Morgan fingerprint density at radius 3 is 2.72 bits per heavy atom. The summed E-state index contributed by atoms with van der Waals surface area (Å²) in [6, 6.07) is 7.50. The first kappa shape index (κ1) is 12.6. The van der Waals surface area contributed by atoms with Crippen molar-refractivity contribution in [3.05, 3.63) is 29.3 Å². The molecular weight excluding hydrogens is 224 g/mol. The van der Waals surface area contributed by atoms with E-state index in [-0.39, 0.29) is 5.78 Å². The molecule has 2 rings (SSSR count). The molecule has 0 unspecified atom stereocenters. The largest absolute Gasteiger partial charge is 0.373 e. The van der Waals surface area contributed by atoms with Gasteiger partial charge < -0.3 is 4.90 Å². The van der Waals surface area contributed by atoms with Gasteiger partial charge in [0.1, 0.15) is 6.07 Å². The Balaban J connectivity index is 2.25. The second kappa shape index (κ2) is 5.22. The van der Waals surface area contributed by atoms with Crippen LogP contribution in [0.3, 0.4) is 0 Å². The number of carbonyl (C=O) groups is 1. The third kappa shape index (κ3) is 2.53. The Hall–Kier alpha value is -1.82. The Labute approximate surface area is 108 Å². The van der Waals surface area contributed by atoms with E-state index in [1.165, 1.54) is 19.3 Å². The molecule has 0 N–H and O–H groups in total. The maximum Gasteiger partial charge on any atom is 0.159 e. The third-order valence-corrected chi connectivity index (χ3v) is 3.69. The zero-order chi connectivity index (χ0) is 13.1. The van der Waals surface area contributed by atoms with Gasteiger partial charge in [-0.3, -0.25) is 4.79 Å². The van der Waals surface area contributed by atoms with Gasteiger partial charge in [-0.25, -0.2) is 0 Å². The summed E-state index contributed by atoms with van der Waals surface area (Å²) in [6.45, 7) is 2.52. The van der Waals surface area contributed by atoms with Crippen LogP contribution >= 0.6 is 0 Å². The first-order chi connectivity index (χ1) is 8.61. The quantitative estimate of drug-likeness (QED) is 0.762. The number of carbonyl (C=O) groups excluding carboxylic acids is 1. The molecule has 0 spiro atoms. The van der Waals surface area contributed by atoms with E-state index in [4.69, 9.17) is 5.26 Å². The molecule has 0 radical (unpaired) electrons. The number of nitriles is 1. The summed E-state index contributed by atoms with van der Waals surface area (Å²) < 4.78 is 0.